The van der Waals surface area contributed by atoms with E-state index in [1.165, 1.54) is 71.2 Å². The molecule has 0 heterocycles. The summed E-state index contributed by atoms with van der Waals surface area (Å²) >= 11 is 0. The third-order valence-corrected chi connectivity index (χ3v) is 10.3. The highest BCUT2D eigenvalue weighted by molar-refractivity contribution is 7.19. The van der Waals surface area contributed by atoms with Crippen molar-refractivity contribution in [3.05, 3.63) is 140 Å². The fourth-order valence-corrected chi connectivity index (χ4v) is 6.43. The topological polar surface area (TPSA) is 9.23 Å². The van der Waals surface area contributed by atoms with Crippen molar-refractivity contribution in [3.8, 4) is 33.4 Å². The highest BCUT2D eigenvalue weighted by atomic mass is 31.0. The molecule has 220 valence electrons. The second-order valence-electron chi connectivity index (χ2n) is 13.1. The van der Waals surface area contributed by atoms with E-state index in [0.717, 1.165) is 0 Å². The van der Waals surface area contributed by atoms with Gasteiger partial charge in [0.2, 0.25) is 0 Å². The number of benzene rings is 7. The van der Waals surface area contributed by atoms with E-state index in [9.17, 15) is 0 Å². The highest BCUT2D eigenvalue weighted by Gasteiger charge is 2.34. The van der Waals surface area contributed by atoms with E-state index in [4.69, 9.17) is 4.65 Å². The summed E-state index contributed by atoms with van der Waals surface area (Å²) in [6.45, 7) is 8.74. The number of hydrogen-bond donors (Lipinski definition) is 0. The summed E-state index contributed by atoms with van der Waals surface area (Å²) in [6, 6.07) is 50.8. The van der Waals surface area contributed by atoms with Crippen LogP contribution in [0.1, 0.15) is 27.7 Å². The molecular weight excluding hydrogens is 562 g/mol. The zero-order valence-corrected chi connectivity index (χ0v) is 27.6. The van der Waals surface area contributed by atoms with E-state index in [2.05, 4.69) is 176 Å². The molecule has 0 saturated carbocycles. The van der Waals surface area contributed by atoms with Crippen LogP contribution in [-0.2, 0) is 4.65 Å². The second-order valence-corrected chi connectivity index (χ2v) is 14.6. The predicted octanol–water partition coefficient (Wildman–Crippen LogP) is 10.6. The molecule has 0 aliphatic rings. The van der Waals surface area contributed by atoms with Gasteiger partial charge in [-0.2, -0.15) is 0 Å². The lowest BCUT2D eigenvalue weighted by Crippen LogP contribution is -2.45. The summed E-state index contributed by atoms with van der Waals surface area (Å²) in [5.41, 5.74) is 8.18. The Bertz CT molecular complexity index is 2160. The van der Waals surface area contributed by atoms with Crippen LogP contribution in [0, 0.1) is 0 Å². The van der Waals surface area contributed by atoms with Crippen molar-refractivity contribution in [1.29, 1.82) is 0 Å². The molecule has 0 amide bonds. The Kier molecular flexibility index (Phi) is 7.61. The van der Waals surface area contributed by atoms with E-state index in [-0.39, 0.29) is 10.8 Å². The van der Waals surface area contributed by atoms with Gasteiger partial charge in [0.1, 0.15) is 0 Å². The Morgan fingerprint density at radius 1 is 0.444 bits per heavy atom. The third kappa shape index (κ3) is 5.37. The maximum atomic E-state index is 6.57. The van der Waals surface area contributed by atoms with Crippen molar-refractivity contribution < 1.29 is 4.65 Å². The molecule has 1 atom stereocenters. The van der Waals surface area contributed by atoms with Crippen molar-refractivity contribution in [3.63, 3.8) is 0 Å². The van der Waals surface area contributed by atoms with Crippen LogP contribution >= 0.6 is 9.24 Å². The van der Waals surface area contributed by atoms with E-state index in [0.29, 0.717) is 7.48 Å². The second kappa shape index (κ2) is 11.6. The van der Waals surface area contributed by atoms with Crippen molar-refractivity contribution in [2.75, 3.05) is 0 Å². The van der Waals surface area contributed by atoms with Crippen LogP contribution in [0.15, 0.2) is 140 Å². The Morgan fingerprint density at radius 2 is 0.844 bits per heavy atom. The first-order valence-corrected chi connectivity index (χ1v) is 16.3. The van der Waals surface area contributed by atoms with Crippen LogP contribution in [0.25, 0.3) is 65.7 Å². The molecule has 0 aliphatic carbocycles. The number of rotatable bonds is 7. The summed E-state index contributed by atoms with van der Waals surface area (Å²) < 4.78 is 6.57. The fourth-order valence-electron chi connectivity index (χ4n) is 6.35. The van der Waals surface area contributed by atoms with Crippen molar-refractivity contribution in [2.24, 2.45) is 0 Å². The van der Waals surface area contributed by atoms with Crippen LogP contribution in [0.5, 0.6) is 0 Å². The lowest BCUT2D eigenvalue weighted by atomic mass is 9.78. The zero-order chi connectivity index (χ0) is 31.2. The molecular formula is C42H38BOP. The van der Waals surface area contributed by atoms with Gasteiger partial charge >= 0.3 is 7.48 Å². The molecule has 0 radical (unpaired) electrons. The van der Waals surface area contributed by atoms with E-state index in [1.54, 1.807) is 0 Å². The van der Waals surface area contributed by atoms with Gasteiger partial charge in [0, 0.05) is 5.16 Å². The summed E-state index contributed by atoms with van der Waals surface area (Å²) in [5.74, 6) is 0. The van der Waals surface area contributed by atoms with Crippen molar-refractivity contribution in [1.82, 2.24) is 0 Å². The van der Waals surface area contributed by atoms with Gasteiger partial charge in [-0.3, -0.25) is 0 Å². The summed E-state index contributed by atoms with van der Waals surface area (Å²) in [5, 5.41) is 7.69. The molecule has 45 heavy (non-hydrogen) atoms. The van der Waals surface area contributed by atoms with Gasteiger partial charge in [0.15, 0.2) is 0 Å². The van der Waals surface area contributed by atoms with E-state index in [1.807, 2.05) is 0 Å². The minimum absolute atomic E-state index is 0.0593. The molecule has 1 nitrogen and oxygen atoms in total. The number of fused-ring (bicyclic) bond motifs is 6. The molecule has 7 aromatic carbocycles. The molecule has 0 fully saturated rings. The monoisotopic (exact) mass is 600 g/mol. The Balaban J connectivity index is 1.37. The first-order valence-electron chi connectivity index (χ1n) is 15.8. The van der Waals surface area contributed by atoms with Gasteiger partial charge in [-0.1, -0.05) is 147 Å². The molecule has 0 aromatic heterocycles. The maximum absolute atomic E-state index is 6.57. The summed E-state index contributed by atoms with van der Waals surface area (Å²) in [7, 11) is 3.49. The summed E-state index contributed by atoms with van der Waals surface area (Å²) in [4.78, 5) is 0. The molecule has 0 N–H and O–H groups in total. The largest absolute Gasteiger partial charge is 0.429 e. The van der Waals surface area contributed by atoms with Gasteiger partial charge < -0.3 is 4.65 Å². The Hall–Kier alpha value is -4.23. The van der Waals surface area contributed by atoms with Crippen molar-refractivity contribution >= 4 is 54.5 Å². The van der Waals surface area contributed by atoms with Crippen LogP contribution < -0.4 is 5.46 Å². The lowest BCUT2D eigenvalue weighted by Gasteiger charge is -2.39. The van der Waals surface area contributed by atoms with Crippen LogP contribution in [0.3, 0.4) is 0 Å². The first-order chi connectivity index (χ1) is 21.7. The van der Waals surface area contributed by atoms with Gasteiger partial charge in [0.25, 0.3) is 0 Å². The molecule has 7 rings (SSSR count). The SMILES string of the molecule is CC(C)(P)C(C)(C)OBc1ccccc1-c1ccccc1-c1ccccc1-c1ccc2c3ccccc3c3ccccc3c2c1. The molecule has 0 aliphatic heterocycles. The summed E-state index contributed by atoms with van der Waals surface area (Å²) in [6.07, 6.45) is 0. The maximum Gasteiger partial charge on any atom is 0.309 e. The van der Waals surface area contributed by atoms with Gasteiger partial charge in [-0.05, 0) is 91.1 Å². The normalized spacial score (nSPS) is 12.2. The lowest BCUT2D eigenvalue weighted by molar-refractivity contribution is 0.0841. The minimum atomic E-state index is -0.303. The highest BCUT2D eigenvalue weighted by Crippen LogP contribution is 2.41. The molecule has 0 saturated heterocycles. The molecule has 0 spiro atoms. The first kappa shape index (κ1) is 29.5. The van der Waals surface area contributed by atoms with E-state index >= 15 is 0 Å². The molecule has 0 bridgehead atoms. The van der Waals surface area contributed by atoms with Crippen LogP contribution in [0.2, 0.25) is 0 Å². The predicted molar refractivity (Wildman–Crippen MR) is 201 cm³/mol. The van der Waals surface area contributed by atoms with Gasteiger partial charge in [0.05, 0.1) is 5.60 Å². The quantitative estimate of drug-likeness (QED) is 0.101. The zero-order valence-electron chi connectivity index (χ0n) is 26.5. The number of hydrogen-bond acceptors (Lipinski definition) is 1. The molecule has 3 heteroatoms. The van der Waals surface area contributed by atoms with Gasteiger partial charge in [-0.25, -0.2) is 0 Å². The average molecular weight is 601 g/mol. The minimum Gasteiger partial charge on any atom is -0.429 e. The Labute approximate surface area is 269 Å². The average Bonchev–Trinajstić information content (AvgIpc) is 3.07. The van der Waals surface area contributed by atoms with Gasteiger partial charge in [-0.15, -0.1) is 9.24 Å². The smallest absolute Gasteiger partial charge is 0.309 e. The van der Waals surface area contributed by atoms with Crippen LogP contribution in [-0.4, -0.2) is 18.2 Å². The Morgan fingerprint density at radius 3 is 1.40 bits per heavy atom. The van der Waals surface area contributed by atoms with Crippen LogP contribution in [0.4, 0.5) is 0 Å². The molecule has 1 unspecified atom stereocenters. The fraction of sp³-hybridized carbons (Fsp3) is 0.143. The standard InChI is InChI=1S/C42H38BOP/c1-41(2,42(3,4)45)44-43-40-24-14-13-23-38(40)35-21-11-9-17-31(35)30-16-6-5-15-29(30)28-25-26-37-34-20-8-7-18-32(34)33-19-10-12-22-36(33)39(37)27-28/h5-27,43H,45H2,1-4H3. The van der Waals surface area contributed by atoms with E-state index < -0.39 is 0 Å². The van der Waals surface area contributed by atoms with Crippen molar-refractivity contribution in [2.45, 2.75) is 38.5 Å². The molecule has 7 aromatic rings. The third-order valence-electron chi connectivity index (χ3n) is 9.65.